The van der Waals surface area contributed by atoms with Gasteiger partial charge in [0.15, 0.2) is 11.5 Å². The van der Waals surface area contributed by atoms with Gasteiger partial charge in [0.25, 0.3) is 5.91 Å². The Kier molecular flexibility index (Phi) is 4.79. The maximum absolute atomic E-state index is 12.4. The standard InChI is InChI=1S/C19H20N2O4/c1-23-14-5-6-15-13(9-14)10-16(21-15)19(22)20-11-12-4-7-17(24-2)18(8-12)25-3/h4-10,21H,11H2,1-3H3,(H,20,22). The first-order valence-electron chi connectivity index (χ1n) is 7.80. The van der Waals surface area contributed by atoms with Gasteiger partial charge >= 0.3 is 0 Å². The third-order valence-corrected chi connectivity index (χ3v) is 3.97. The monoisotopic (exact) mass is 340 g/mol. The number of amides is 1. The molecule has 25 heavy (non-hydrogen) atoms. The van der Waals surface area contributed by atoms with Crippen LogP contribution in [0.15, 0.2) is 42.5 Å². The SMILES string of the molecule is COc1ccc2[nH]c(C(=O)NCc3ccc(OC)c(OC)c3)cc2c1. The largest absolute Gasteiger partial charge is 0.497 e. The van der Waals surface area contributed by atoms with Crippen LogP contribution >= 0.6 is 0 Å². The Hall–Kier alpha value is -3.15. The van der Waals surface area contributed by atoms with Crippen LogP contribution in [0, 0.1) is 0 Å². The van der Waals surface area contributed by atoms with Gasteiger partial charge in [-0.2, -0.15) is 0 Å². The first-order valence-corrected chi connectivity index (χ1v) is 7.80. The van der Waals surface area contributed by atoms with Crippen molar-refractivity contribution in [1.29, 1.82) is 0 Å². The predicted molar refractivity (Wildman–Crippen MR) is 95.6 cm³/mol. The first kappa shape index (κ1) is 16.7. The maximum atomic E-state index is 12.4. The Morgan fingerprint density at radius 2 is 1.76 bits per heavy atom. The summed E-state index contributed by atoms with van der Waals surface area (Å²) in [5.74, 6) is 1.86. The van der Waals surface area contributed by atoms with E-state index in [4.69, 9.17) is 14.2 Å². The zero-order valence-corrected chi connectivity index (χ0v) is 14.4. The Morgan fingerprint density at radius 3 is 2.48 bits per heavy atom. The van der Waals surface area contributed by atoms with Crippen LogP contribution in [0.25, 0.3) is 10.9 Å². The fourth-order valence-electron chi connectivity index (χ4n) is 2.63. The zero-order chi connectivity index (χ0) is 17.8. The third-order valence-electron chi connectivity index (χ3n) is 3.97. The lowest BCUT2D eigenvalue weighted by atomic mass is 10.2. The van der Waals surface area contributed by atoms with Crippen molar-refractivity contribution in [2.75, 3.05) is 21.3 Å². The van der Waals surface area contributed by atoms with Gasteiger partial charge in [0, 0.05) is 17.4 Å². The molecular weight excluding hydrogens is 320 g/mol. The number of carbonyl (C=O) groups is 1. The summed E-state index contributed by atoms with van der Waals surface area (Å²) >= 11 is 0. The molecule has 0 bridgehead atoms. The fraction of sp³-hybridized carbons (Fsp3) is 0.211. The number of benzene rings is 2. The highest BCUT2D eigenvalue weighted by Gasteiger charge is 2.11. The van der Waals surface area contributed by atoms with Gasteiger partial charge < -0.3 is 24.5 Å². The Bertz CT molecular complexity index is 902. The molecule has 2 aromatic carbocycles. The molecule has 0 unspecified atom stereocenters. The number of fused-ring (bicyclic) bond motifs is 1. The second-order valence-electron chi connectivity index (χ2n) is 5.51. The lowest BCUT2D eigenvalue weighted by molar-refractivity contribution is 0.0946. The number of hydrogen-bond acceptors (Lipinski definition) is 4. The van der Waals surface area contributed by atoms with Crippen molar-refractivity contribution in [3.63, 3.8) is 0 Å². The number of nitrogens with one attached hydrogen (secondary N) is 2. The normalized spacial score (nSPS) is 10.5. The van der Waals surface area contributed by atoms with Gasteiger partial charge in [0.2, 0.25) is 0 Å². The molecule has 6 heteroatoms. The summed E-state index contributed by atoms with van der Waals surface area (Å²) in [6.45, 7) is 0.387. The molecule has 2 N–H and O–H groups in total. The summed E-state index contributed by atoms with van der Waals surface area (Å²) in [4.78, 5) is 15.5. The van der Waals surface area contributed by atoms with E-state index in [2.05, 4.69) is 10.3 Å². The van der Waals surface area contributed by atoms with Crippen LogP contribution in [0.1, 0.15) is 16.1 Å². The average molecular weight is 340 g/mol. The summed E-state index contributed by atoms with van der Waals surface area (Å²) in [5, 5.41) is 3.82. The molecule has 0 aliphatic carbocycles. The highest BCUT2D eigenvalue weighted by molar-refractivity contribution is 5.98. The summed E-state index contributed by atoms with van der Waals surface area (Å²) in [7, 11) is 4.79. The van der Waals surface area contributed by atoms with E-state index >= 15 is 0 Å². The van der Waals surface area contributed by atoms with E-state index in [0.717, 1.165) is 22.2 Å². The van der Waals surface area contributed by atoms with Crippen molar-refractivity contribution in [2.45, 2.75) is 6.54 Å². The molecule has 0 atom stereocenters. The number of hydrogen-bond donors (Lipinski definition) is 2. The lowest BCUT2D eigenvalue weighted by Gasteiger charge is -2.10. The molecule has 0 aliphatic heterocycles. The van der Waals surface area contributed by atoms with Crippen molar-refractivity contribution in [1.82, 2.24) is 10.3 Å². The van der Waals surface area contributed by atoms with Gasteiger partial charge in [-0.3, -0.25) is 4.79 Å². The van der Waals surface area contributed by atoms with Crippen LogP contribution in [-0.2, 0) is 6.54 Å². The van der Waals surface area contributed by atoms with Crippen LogP contribution in [0.2, 0.25) is 0 Å². The van der Waals surface area contributed by atoms with Crippen LogP contribution in [-0.4, -0.2) is 32.2 Å². The summed E-state index contributed by atoms with van der Waals surface area (Å²) in [6, 6.07) is 13.0. The van der Waals surface area contributed by atoms with E-state index in [1.807, 2.05) is 42.5 Å². The maximum Gasteiger partial charge on any atom is 0.267 e. The van der Waals surface area contributed by atoms with E-state index in [1.54, 1.807) is 21.3 Å². The van der Waals surface area contributed by atoms with E-state index in [9.17, 15) is 4.79 Å². The minimum absolute atomic E-state index is 0.176. The molecular formula is C19H20N2O4. The molecule has 0 saturated carbocycles. The van der Waals surface area contributed by atoms with Crippen molar-refractivity contribution in [3.05, 3.63) is 53.7 Å². The van der Waals surface area contributed by atoms with E-state index in [0.29, 0.717) is 23.7 Å². The molecule has 0 saturated heterocycles. The predicted octanol–water partition coefficient (Wildman–Crippen LogP) is 3.12. The van der Waals surface area contributed by atoms with Gasteiger partial charge in [0.1, 0.15) is 11.4 Å². The van der Waals surface area contributed by atoms with Gasteiger partial charge in [-0.1, -0.05) is 6.07 Å². The third kappa shape index (κ3) is 3.52. The molecule has 0 aliphatic rings. The van der Waals surface area contributed by atoms with Gasteiger partial charge in [-0.15, -0.1) is 0 Å². The highest BCUT2D eigenvalue weighted by atomic mass is 16.5. The Labute approximate surface area is 145 Å². The highest BCUT2D eigenvalue weighted by Crippen LogP contribution is 2.27. The van der Waals surface area contributed by atoms with Crippen LogP contribution in [0.3, 0.4) is 0 Å². The quantitative estimate of drug-likeness (QED) is 0.723. The molecule has 0 radical (unpaired) electrons. The molecule has 3 rings (SSSR count). The number of carbonyl (C=O) groups excluding carboxylic acids is 1. The molecule has 0 fully saturated rings. The molecule has 1 aromatic heterocycles. The van der Waals surface area contributed by atoms with Crippen molar-refractivity contribution < 1.29 is 19.0 Å². The van der Waals surface area contributed by atoms with Crippen molar-refractivity contribution >= 4 is 16.8 Å². The zero-order valence-electron chi connectivity index (χ0n) is 14.4. The molecule has 130 valence electrons. The molecule has 6 nitrogen and oxygen atoms in total. The van der Waals surface area contributed by atoms with E-state index in [1.165, 1.54) is 0 Å². The Balaban J connectivity index is 1.72. The lowest BCUT2D eigenvalue weighted by Crippen LogP contribution is -2.23. The number of rotatable bonds is 6. The van der Waals surface area contributed by atoms with Gasteiger partial charge in [0.05, 0.1) is 21.3 Å². The van der Waals surface area contributed by atoms with Crippen LogP contribution in [0.4, 0.5) is 0 Å². The molecule has 1 heterocycles. The fourth-order valence-corrected chi connectivity index (χ4v) is 2.63. The Morgan fingerprint density at radius 1 is 0.960 bits per heavy atom. The number of H-pyrrole nitrogens is 1. The van der Waals surface area contributed by atoms with Crippen LogP contribution < -0.4 is 19.5 Å². The second kappa shape index (κ2) is 7.17. The number of ether oxygens (including phenoxy) is 3. The van der Waals surface area contributed by atoms with Crippen molar-refractivity contribution in [3.8, 4) is 17.2 Å². The topological polar surface area (TPSA) is 72.6 Å². The van der Waals surface area contributed by atoms with Crippen molar-refractivity contribution in [2.24, 2.45) is 0 Å². The van der Waals surface area contributed by atoms with Gasteiger partial charge in [-0.05, 0) is 42.0 Å². The molecule has 3 aromatic rings. The van der Waals surface area contributed by atoms with Crippen LogP contribution in [0.5, 0.6) is 17.2 Å². The number of aromatic nitrogens is 1. The molecule has 0 spiro atoms. The molecule has 1 amide bonds. The number of aromatic amines is 1. The number of methoxy groups -OCH3 is 3. The van der Waals surface area contributed by atoms with E-state index < -0.39 is 0 Å². The smallest absolute Gasteiger partial charge is 0.267 e. The summed E-state index contributed by atoms with van der Waals surface area (Å²) < 4.78 is 15.7. The van der Waals surface area contributed by atoms with E-state index in [-0.39, 0.29) is 5.91 Å². The second-order valence-corrected chi connectivity index (χ2v) is 5.51. The van der Waals surface area contributed by atoms with Gasteiger partial charge in [-0.25, -0.2) is 0 Å². The summed E-state index contributed by atoms with van der Waals surface area (Å²) in [5.41, 5.74) is 2.31. The average Bonchev–Trinajstić information content (AvgIpc) is 3.08. The minimum Gasteiger partial charge on any atom is -0.497 e. The summed E-state index contributed by atoms with van der Waals surface area (Å²) in [6.07, 6.45) is 0. The first-order chi connectivity index (χ1) is 12.1. The minimum atomic E-state index is -0.176.